The highest BCUT2D eigenvalue weighted by Crippen LogP contribution is 2.10. The van der Waals surface area contributed by atoms with E-state index in [-0.39, 0.29) is 12.5 Å². The third kappa shape index (κ3) is 2.70. The predicted octanol–water partition coefficient (Wildman–Crippen LogP) is -0.521. The smallest absolute Gasteiger partial charge is 0.274 e. The topological polar surface area (TPSA) is 61.6 Å². The third-order valence-corrected chi connectivity index (χ3v) is 3.29. The maximum Gasteiger partial charge on any atom is 0.274 e. The van der Waals surface area contributed by atoms with Gasteiger partial charge in [0.2, 0.25) is 0 Å². The largest absolute Gasteiger partial charge is 0.395 e. The number of piperazine rings is 1. The molecule has 0 saturated carbocycles. The normalized spacial score (nSPS) is 17.2. The molecule has 0 atom stereocenters. The van der Waals surface area contributed by atoms with E-state index in [1.165, 1.54) is 0 Å². The summed E-state index contributed by atoms with van der Waals surface area (Å²) in [5, 5.41) is 13.1. The van der Waals surface area contributed by atoms with Crippen molar-refractivity contribution < 1.29 is 9.90 Å². The van der Waals surface area contributed by atoms with E-state index in [4.69, 9.17) is 5.11 Å². The zero-order valence-electron chi connectivity index (χ0n) is 11.0. The lowest BCUT2D eigenvalue weighted by Crippen LogP contribution is -2.49. The van der Waals surface area contributed by atoms with Crippen LogP contribution in [0.5, 0.6) is 0 Å². The third-order valence-electron chi connectivity index (χ3n) is 3.29. The van der Waals surface area contributed by atoms with E-state index in [0.717, 1.165) is 18.7 Å². The van der Waals surface area contributed by atoms with Crippen LogP contribution in [0.4, 0.5) is 0 Å². The van der Waals surface area contributed by atoms with Gasteiger partial charge in [-0.05, 0) is 6.92 Å². The number of hydrogen-bond acceptors (Lipinski definition) is 4. The van der Waals surface area contributed by atoms with Crippen molar-refractivity contribution in [3.8, 4) is 0 Å². The van der Waals surface area contributed by atoms with Crippen molar-refractivity contribution in [2.24, 2.45) is 7.05 Å². The predicted molar refractivity (Wildman–Crippen MR) is 67.4 cm³/mol. The number of rotatable bonds is 3. The van der Waals surface area contributed by atoms with Crippen LogP contribution < -0.4 is 0 Å². The summed E-state index contributed by atoms with van der Waals surface area (Å²) < 4.78 is 1.67. The number of β-amino-alcohol motifs (C(OH)–C–C–N with tert-alkyl or cyclic N) is 1. The van der Waals surface area contributed by atoms with Crippen LogP contribution in [0.15, 0.2) is 6.20 Å². The highest BCUT2D eigenvalue weighted by molar-refractivity contribution is 5.93. The van der Waals surface area contributed by atoms with E-state index >= 15 is 0 Å². The number of hydrogen-bond donors (Lipinski definition) is 1. The fraction of sp³-hybridized carbons (Fsp3) is 0.667. The molecule has 1 aliphatic heterocycles. The van der Waals surface area contributed by atoms with Crippen LogP contribution in [-0.4, -0.2) is 69.9 Å². The molecule has 6 nitrogen and oxygen atoms in total. The van der Waals surface area contributed by atoms with Gasteiger partial charge in [-0.1, -0.05) is 0 Å². The monoisotopic (exact) mass is 252 g/mol. The van der Waals surface area contributed by atoms with Crippen molar-refractivity contribution in [3.63, 3.8) is 0 Å². The number of carbonyl (C=O) groups is 1. The average molecular weight is 252 g/mol. The van der Waals surface area contributed by atoms with Gasteiger partial charge in [0.25, 0.3) is 5.91 Å². The van der Waals surface area contributed by atoms with Crippen LogP contribution in [0.25, 0.3) is 0 Å². The average Bonchev–Trinajstić information content (AvgIpc) is 2.69. The first-order valence-corrected chi connectivity index (χ1v) is 6.24. The number of aliphatic hydroxyl groups is 1. The van der Waals surface area contributed by atoms with E-state index in [0.29, 0.717) is 25.3 Å². The molecular weight excluding hydrogens is 232 g/mol. The molecule has 0 aliphatic carbocycles. The second-order valence-electron chi connectivity index (χ2n) is 4.69. The van der Waals surface area contributed by atoms with E-state index in [1.54, 1.807) is 4.68 Å². The van der Waals surface area contributed by atoms with Gasteiger partial charge >= 0.3 is 0 Å². The highest BCUT2D eigenvalue weighted by atomic mass is 16.3. The maximum atomic E-state index is 12.3. The Morgan fingerprint density at radius 1 is 1.39 bits per heavy atom. The van der Waals surface area contributed by atoms with Gasteiger partial charge in [0, 0.05) is 51.5 Å². The van der Waals surface area contributed by atoms with Crippen LogP contribution in [0.3, 0.4) is 0 Å². The molecule has 0 spiro atoms. The van der Waals surface area contributed by atoms with Crippen LogP contribution in [0.1, 0.15) is 16.1 Å². The Balaban J connectivity index is 1.97. The number of nitrogens with zero attached hydrogens (tertiary/aromatic N) is 4. The quantitative estimate of drug-likeness (QED) is 0.786. The molecule has 1 amide bonds. The number of aliphatic hydroxyl groups excluding tert-OH is 1. The number of amides is 1. The van der Waals surface area contributed by atoms with Crippen molar-refractivity contribution in [2.45, 2.75) is 6.92 Å². The fourth-order valence-corrected chi connectivity index (χ4v) is 2.28. The second kappa shape index (κ2) is 5.49. The lowest BCUT2D eigenvalue weighted by Gasteiger charge is -2.34. The number of aromatic nitrogens is 2. The molecule has 0 aromatic carbocycles. The van der Waals surface area contributed by atoms with Crippen molar-refractivity contribution in [3.05, 3.63) is 17.5 Å². The lowest BCUT2D eigenvalue weighted by atomic mass is 10.2. The molecule has 0 unspecified atom stereocenters. The molecule has 1 saturated heterocycles. The first kappa shape index (κ1) is 13.0. The van der Waals surface area contributed by atoms with Gasteiger partial charge in [-0.3, -0.25) is 14.4 Å². The Labute approximate surface area is 107 Å². The Morgan fingerprint density at radius 3 is 2.56 bits per heavy atom. The van der Waals surface area contributed by atoms with Crippen molar-refractivity contribution in [1.82, 2.24) is 19.6 Å². The van der Waals surface area contributed by atoms with Crippen LogP contribution in [0.2, 0.25) is 0 Å². The molecule has 1 aliphatic rings. The van der Waals surface area contributed by atoms with Gasteiger partial charge in [0.05, 0.1) is 6.61 Å². The SMILES string of the molecule is Cc1cn(C)nc1C(=O)N1CCN(CCO)CC1. The van der Waals surface area contributed by atoms with E-state index in [1.807, 2.05) is 25.1 Å². The molecule has 6 heteroatoms. The second-order valence-corrected chi connectivity index (χ2v) is 4.69. The molecule has 18 heavy (non-hydrogen) atoms. The molecule has 1 aromatic rings. The summed E-state index contributed by atoms with van der Waals surface area (Å²) in [6, 6.07) is 0. The van der Waals surface area contributed by atoms with E-state index in [9.17, 15) is 4.79 Å². The summed E-state index contributed by atoms with van der Waals surface area (Å²) in [5.74, 6) is 0.0109. The van der Waals surface area contributed by atoms with E-state index < -0.39 is 0 Å². The summed E-state index contributed by atoms with van der Waals surface area (Å²) in [6.45, 7) is 5.81. The summed E-state index contributed by atoms with van der Waals surface area (Å²) in [5.41, 5.74) is 1.47. The van der Waals surface area contributed by atoms with Gasteiger partial charge in [0.1, 0.15) is 0 Å². The zero-order chi connectivity index (χ0) is 13.1. The molecule has 1 fully saturated rings. The molecule has 2 rings (SSSR count). The fourth-order valence-electron chi connectivity index (χ4n) is 2.28. The molecule has 2 heterocycles. The minimum Gasteiger partial charge on any atom is -0.395 e. The summed E-state index contributed by atoms with van der Waals surface area (Å²) >= 11 is 0. The molecule has 1 N–H and O–H groups in total. The molecule has 100 valence electrons. The Bertz CT molecular complexity index is 422. The molecule has 0 radical (unpaired) electrons. The van der Waals surface area contributed by atoms with Crippen molar-refractivity contribution >= 4 is 5.91 Å². The van der Waals surface area contributed by atoms with Gasteiger partial charge in [0.15, 0.2) is 5.69 Å². The summed E-state index contributed by atoms with van der Waals surface area (Å²) in [6.07, 6.45) is 1.86. The van der Waals surface area contributed by atoms with Gasteiger partial charge in [-0.15, -0.1) is 0 Å². The Kier molecular flexibility index (Phi) is 3.98. The number of aryl methyl sites for hydroxylation is 2. The van der Waals surface area contributed by atoms with Gasteiger partial charge < -0.3 is 10.0 Å². The summed E-state index contributed by atoms with van der Waals surface area (Å²) in [4.78, 5) is 16.3. The summed E-state index contributed by atoms with van der Waals surface area (Å²) in [7, 11) is 1.82. The molecule has 0 bridgehead atoms. The van der Waals surface area contributed by atoms with Crippen LogP contribution >= 0.6 is 0 Å². The van der Waals surface area contributed by atoms with Gasteiger partial charge in [-0.25, -0.2) is 0 Å². The van der Waals surface area contributed by atoms with Crippen LogP contribution in [-0.2, 0) is 7.05 Å². The van der Waals surface area contributed by atoms with Gasteiger partial charge in [-0.2, -0.15) is 5.10 Å². The first-order chi connectivity index (χ1) is 8.61. The number of carbonyl (C=O) groups excluding carboxylic acids is 1. The van der Waals surface area contributed by atoms with Crippen molar-refractivity contribution in [2.75, 3.05) is 39.3 Å². The van der Waals surface area contributed by atoms with Crippen molar-refractivity contribution in [1.29, 1.82) is 0 Å². The highest BCUT2D eigenvalue weighted by Gasteiger charge is 2.24. The van der Waals surface area contributed by atoms with Crippen LogP contribution in [0, 0.1) is 6.92 Å². The lowest BCUT2D eigenvalue weighted by molar-refractivity contribution is 0.0608. The molecule has 1 aromatic heterocycles. The first-order valence-electron chi connectivity index (χ1n) is 6.24. The van der Waals surface area contributed by atoms with E-state index in [2.05, 4.69) is 10.00 Å². The standard InChI is InChI=1S/C12H20N4O2/c1-10-9-14(2)13-11(10)12(18)16-5-3-15(4-6-16)7-8-17/h9,17H,3-8H2,1-2H3. The minimum atomic E-state index is 0.0109. The Hall–Kier alpha value is -1.40. The maximum absolute atomic E-state index is 12.3. The Morgan fingerprint density at radius 2 is 2.06 bits per heavy atom. The molecular formula is C12H20N4O2. The minimum absolute atomic E-state index is 0.0109. The zero-order valence-corrected chi connectivity index (χ0v) is 11.0.